The topological polar surface area (TPSA) is 0 Å². The summed E-state index contributed by atoms with van der Waals surface area (Å²) in [5.74, 6) is 1.03. The first-order valence-electron chi connectivity index (χ1n) is 7.49. The van der Waals surface area contributed by atoms with Crippen LogP contribution in [-0.4, -0.2) is 3.91 Å². The van der Waals surface area contributed by atoms with E-state index in [1.54, 1.807) is 0 Å². The second-order valence-electron chi connectivity index (χ2n) is 4.95. The lowest BCUT2D eigenvalue weighted by atomic mass is 10.2. The highest BCUT2D eigenvalue weighted by Gasteiger charge is 2.13. The fourth-order valence-corrected chi connectivity index (χ4v) is 6.12. The van der Waals surface area contributed by atoms with E-state index in [1.807, 2.05) is 35.3 Å². The predicted octanol–water partition coefficient (Wildman–Crippen LogP) is 6.79. The Morgan fingerprint density at radius 1 is 0.565 bits per heavy atom. The maximum absolute atomic E-state index is 2.20. The summed E-state index contributed by atoms with van der Waals surface area (Å²) in [6.07, 6.45) is 0. The lowest BCUT2D eigenvalue weighted by molar-refractivity contribution is 1.41. The van der Waals surface area contributed by atoms with Gasteiger partial charge in [-0.3, -0.25) is 0 Å². The number of thioether (sulfide) groups is 3. The first kappa shape index (κ1) is 16.6. The van der Waals surface area contributed by atoms with Crippen LogP contribution >= 0.6 is 35.3 Å². The van der Waals surface area contributed by atoms with E-state index in [0.717, 1.165) is 5.75 Å². The monoisotopic (exact) mass is 354 g/mol. The van der Waals surface area contributed by atoms with Crippen molar-refractivity contribution in [3.63, 3.8) is 0 Å². The molecule has 0 spiro atoms. The quantitative estimate of drug-likeness (QED) is 0.339. The summed E-state index contributed by atoms with van der Waals surface area (Å²) in [5.41, 5.74) is 1.38. The van der Waals surface area contributed by atoms with Gasteiger partial charge >= 0.3 is 0 Å². The maximum Gasteiger partial charge on any atom is 0.105 e. The molecule has 0 aromatic heterocycles. The molecule has 0 saturated heterocycles. The molecule has 0 atom stereocenters. The van der Waals surface area contributed by atoms with Crippen molar-refractivity contribution in [2.75, 3.05) is 0 Å². The molecule has 0 radical (unpaired) electrons. The highest BCUT2D eigenvalue weighted by atomic mass is 32.3. The zero-order valence-corrected chi connectivity index (χ0v) is 15.1. The highest BCUT2D eigenvalue weighted by molar-refractivity contribution is 8.32. The molecule has 0 amide bonds. The molecule has 3 rings (SSSR count). The van der Waals surface area contributed by atoms with Gasteiger partial charge in [0.15, 0.2) is 0 Å². The fraction of sp³-hybridized carbons (Fsp3) is 0.100. The minimum Gasteiger partial charge on any atom is -0.131 e. The summed E-state index contributed by atoms with van der Waals surface area (Å²) in [7, 11) is 0. The predicted molar refractivity (Wildman–Crippen MR) is 106 cm³/mol. The summed E-state index contributed by atoms with van der Waals surface area (Å²) in [4.78, 5) is 2.64. The van der Waals surface area contributed by atoms with E-state index in [4.69, 9.17) is 0 Å². The van der Waals surface area contributed by atoms with Crippen LogP contribution in [-0.2, 0) is 5.75 Å². The van der Waals surface area contributed by atoms with Crippen LogP contribution in [0, 0.1) is 0 Å². The van der Waals surface area contributed by atoms with E-state index >= 15 is 0 Å². The summed E-state index contributed by atoms with van der Waals surface area (Å²) in [6, 6.07) is 32.0. The third-order valence-electron chi connectivity index (χ3n) is 3.18. The van der Waals surface area contributed by atoms with E-state index in [9.17, 15) is 0 Å². The molecule has 0 aliphatic heterocycles. The molecule has 0 aliphatic carbocycles. The number of rotatable bonds is 7. The van der Waals surface area contributed by atoms with Crippen molar-refractivity contribution in [2.45, 2.75) is 19.5 Å². The Morgan fingerprint density at radius 2 is 1.00 bits per heavy atom. The average molecular weight is 355 g/mol. The standard InChI is InChI=1S/C20H18S3/c1-4-10-17(11-5-1)16-21-20(22-18-12-6-2-7-13-18)23-19-14-8-3-9-15-19/h1-15,20H,16H2. The molecule has 3 aromatic rings. The third-order valence-corrected chi connectivity index (χ3v) is 7.40. The molecule has 0 saturated carbocycles. The molecule has 0 N–H and O–H groups in total. The van der Waals surface area contributed by atoms with Gasteiger partial charge in [0.25, 0.3) is 0 Å². The number of hydrogen-bond donors (Lipinski definition) is 0. The van der Waals surface area contributed by atoms with E-state index in [2.05, 4.69) is 91.0 Å². The van der Waals surface area contributed by atoms with Gasteiger partial charge in [-0.15, -0.1) is 35.3 Å². The summed E-state index contributed by atoms with van der Waals surface area (Å²) in [6.45, 7) is 0. The van der Waals surface area contributed by atoms with Crippen molar-refractivity contribution in [2.24, 2.45) is 0 Å². The van der Waals surface area contributed by atoms with Crippen LogP contribution in [0.4, 0.5) is 0 Å². The van der Waals surface area contributed by atoms with Crippen LogP contribution in [0.5, 0.6) is 0 Å². The van der Waals surface area contributed by atoms with Gasteiger partial charge in [0.1, 0.15) is 3.91 Å². The van der Waals surface area contributed by atoms with Crippen molar-refractivity contribution < 1.29 is 0 Å². The third kappa shape index (κ3) is 5.69. The normalized spacial score (nSPS) is 10.8. The van der Waals surface area contributed by atoms with Crippen molar-refractivity contribution in [3.8, 4) is 0 Å². The van der Waals surface area contributed by atoms with E-state index in [-0.39, 0.29) is 0 Å². The molecule has 116 valence electrons. The Hall–Kier alpha value is -1.29. The minimum atomic E-state index is 0.431. The van der Waals surface area contributed by atoms with Gasteiger partial charge in [-0.1, -0.05) is 66.7 Å². The molecule has 0 aliphatic rings. The minimum absolute atomic E-state index is 0.431. The van der Waals surface area contributed by atoms with Gasteiger partial charge in [0.2, 0.25) is 0 Å². The smallest absolute Gasteiger partial charge is 0.105 e. The summed E-state index contributed by atoms with van der Waals surface area (Å²) in [5, 5.41) is 0. The first-order valence-corrected chi connectivity index (χ1v) is 10.3. The van der Waals surface area contributed by atoms with Crippen molar-refractivity contribution in [3.05, 3.63) is 96.6 Å². The highest BCUT2D eigenvalue weighted by Crippen LogP contribution is 2.43. The maximum atomic E-state index is 2.20. The Bertz CT molecular complexity index is 642. The Balaban J connectivity index is 1.67. The lowest BCUT2D eigenvalue weighted by Gasteiger charge is -2.16. The zero-order valence-electron chi connectivity index (χ0n) is 12.7. The lowest BCUT2D eigenvalue weighted by Crippen LogP contribution is -1.92. The van der Waals surface area contributed by atoms with E-state index < -0.39 is 0 Å². The average Bonchev–Trinajstić information content (AvgIpc) is 2.62. The Labute approximate surface area is 151 Å². The molecular formula is C20H18S3. The van der Waals surface area contributed by atoms with Gasteiger partial charge in [0, 0.05) is 15.5 Å². The van der Waals surface area contributed by atoms with Crippen molar-refractivity contribution >= 4 is 35.3 Å². The van der Waals surface area contributed by atoms with Crippen LogP contribution in [0.1, 0.15) is 5.56 Å². The summed E-state index contributed by atoms with van der Waals surface area (Å²) < 4.78 is 0.431. The molecule has 0 fully saturated rings. The molecule has 0 heterocycles. The molecule has 3 aromatic carbocycles. The van der Waals surface area contributed by atoms with Gasteiger partial charge in [-0.05, 0) is 29.8 Å². The van der Waals surface area contributed by atoms with Gasteiger partial charge in [-0.25, -0.2) is 0 Å². The van der Waals surface area contributed by atoms with Crippen LogP contribution in [0.2, 0.25) is 0 Å². The van der Waals surface area contributed by atoms with Gasteiger partial charge in [-0.2, -0.15) is 0 Å². The second-order valence-corrected chi connectivity index (χ2v) is 9.29. The van der Waals surface area contributed by atoms with Crippen LogP contribution in [0.3, 0.4) is 0 Å². The zero-order chi connectivity index (χ0) is 15.7. The van der Waals surface area contributed by atoms with Crippen molar-refractivity contribution in [1.29, 1.82) is 0 Å². The molecule has 0 unspecified atom stereocenters. The van der Waals surface area contributed by atoms with E-state index in [1.165, 1.54) is 15.4 Å². The number of hydrogen-bond acceptors (Lipinski definition) is 3. The van der Waals surface area contributed by atoms with Crippen molar-refractivity contribution in [1.82, 2.24) is 0 Å². The largest absolute Gasteiger partial charge is 0.131 e. The Kier molecular flexibility index (Phi) is 6.56. The molecule has 3 heteroatoms. The van der Waals surface area contributed by atoms with Crippen LogP contribution < -0.4 is 0 Å². The van der Waals surface area contributed by atoms with Gasteiger partial charge < -0.3 is 0 Å². The van der Waals surface area contributed by atoms with E-state index in [0.29, 0.717) is 3.91 Å². The van der Waals surface area contributed by atoms with Crippen LogP contribution in [0.25, 0.3) is 0 Å². The first-order chi connectivity index (χ1) is 11.4. The SMILES string of the molecule is c1ccc(CSC(Sc2ccccc2)Sc2ccccc2)cc1. The molecule has 0 nitrogen and oxygen atoms in total. The van der Waals surface area contributed by atoms with Gasteiger partial charge in [0.05, 0.1) is 0 Å². The number of benzene rings is 3. The Morgan fingerprint density at radius 3 is 1.48 bits per heavy atom. The molecular weight excluding hydrogens is 336 g/mol. The summed E-state index contributed by atoms with van der Waals surface area (Å²) >= 11 is 5.85. The van der Waals surface area contributed by atoms with Crippen LogP contribution in [0.15, 0.2) is 101 Å². The fourth-order valence-electron chi connectivity index (χ4n) is 2.05. The molecule has 0 bridgehead atoms. The molecule has 23 heavy (non-hydrogen) atoms. The second kappa shape index (κ2) is 9.11.